The molecule has 1 unspecified atom stereocenters. The molecular formula is C15H15BrClNO. The number of halogens is 2. The van der Waals surface area contributed by atoms with Crippen LogP contribution in [0.5, 0.6) is 0 Å². The minimum Gasteiger partial charge on any atom is -0.394 e. The Balaban J connectivity index is 2.33. The number of rotatable bonds is 4. The van der Waals surface area contributed by atoms with Gasteiger partial charge in [-0.15, -0.1) is 0 Å². The van der Waals surface area contributed by atoms with Crippen LogP contribution in [-0.4, -0.2) is 11.7 Å². The first-order valence-corrected chi connectivity index (χ1v) is 7.12. The Kier molecular flexibility index (Phi) is 4.50. The van der Waals surface area contributed by atoms with Crippen LogP contribution < -0.4 is 5.32 Å². The minimum atomic E-state index is -0.619. The van der Waals surface area contributed by atoms with E-state index in [1.54, 1.807) is 0 Å². The van der Waals surface area contributed by atoms with Crippen molar-refractivity contribution in [2.24, 2.45) is 0 Å². The normalized spacial score (nSPS) is 13.9. The molecule has 100 valence electrons. The first kappa shape index (κ1) is 14.4. The Morgan fingerprint density at radius 1 is 1.16 bits per heavy atom. The number of nitrogens with one attached hydrogen (secondary N) is 1. The number of hydrogen-bond donors (Lipinski definition) is 2. The summed E-state index contributed by atoms with van der Waals surface area (Å²) in [7, 11) is 0. The molecule has 0 aliphatic rings. The van der Waals surface area contributed by atoms with E-state index in [2.05, 4.69) is 21.2 Å². The lowest BCUT2D eigenvalue weighted by Gasteiger charge is -2.31. The number of aliphatic hydroxyl groups is 1. The van der Waals surface area contributed by atoms with Crippen molar-refractivity contribution in [3.05, 3.63) is 63.6 Å². The van der Waals surface area contributed by atoms with Crippen molar-refractivity contribution < 1.29 is 5.11 Å². The average Bonchev–Trinajstić information content (AvgIpc) is 2.42. The molecule has 19 heavy (non-hydrogen) atoms. The summed E-state index contributed by atoms with van der Waals surface area (Å²) in [5.74, 6) is 0. The highest BCUT2D eigenvalue weighted by atomic mass is 79.9. The third-order valence-electron chi connectivity index (χ3n) is 3.05. The first-order chi connectivity index (χ1) is 9.05. The van der Waals surface area contributed by atoms with Crippen molar-refractivity contribution in [3.8, 4) is 0 Å². The van der Waals surface area contributed by atoms with E-state index in [1.807, 2.05) is 55.5 Å². The largest absolute Gasteiger partial charge is 0.394 e. The fourth-order valence-electron chi connectivity index (χ4n) is 1.95. The maximum Gasteiger partial charge on any atom is 0.0842 e. The van der Waals surface area contributed by atoms with Gasteiger partial charge in [0.15, 0.2) is 0 Å². The van der Waals surface area contributed by atoms with Crippen molar-refractivity contribution in [1.82, 2.24) is 0 Å². The number of benzene rings is 2. The van der Waals surface area contributed by atoms with Crippen LogP contribution in [0.1, 0.15) is 12.5 Å². The third kappa shape index (κ3) is 3.30. The fourth-order valence-corrected chi connectivity index (χ4v) is 2.56. The third-order valence-corrected chi connectivity index (χ3v) is 3.91. The standard InChI is InChI=1S/C15H15BrClNO/c1-15(10-19,13-4-2-3-5-14(13)17)18-12-8-6-11(16)7-9-12/h2-9,18-19H,10H2,1H3. The Morgan fingerprint density at radius 3 is 2.37 bits per heavy atom. The molecule has 2 rings (SSSR count). The van der Waals surface area contributed by atoms with Crippen molar-refractivity contribution in [1.29, 1.82) is 0 Å². The molecule has 2 aromatic rings. The van der Waals surface area contributed by atoms with Crippen LogP contribution in [0.3, 0.4) is 0 Å². The Morgan fingerprint density at radius 2 is 1.79 bits per heavy atom. The smallest absolute Gasteiger partial charge is 0.0842 e. The minimum absolute atomic E-state index is 0.0488. The highest BCUT2D eigenvalue weighted by Gasteiger charge is 2.27. The second-order valence-electron chi connectivity index (χ2n) is 4.60. The van der Waals surface area contributed by atoms with Crippen molar-refractivity contribution in [2.45, 2.75) is 12.5 Å². The predicted octanol–water partition coefficient (Wildman–Crippen LogP) is 4.42. The van der Waals surface area contributed by atoms with E-state index >= 15 is 0 Å². The maximum atomic E-state index is 9.75. The summed E-state index contributed by atoms with van der Waals surface area (Å²) < 4.78 is 1.02. The highest BCUT2D eigenvalue weighted by Crippen LogP contribution is 2.31. The Labute approximate surface area is 126 Å². The molecule has 0 aliphatic heterocycles. The van der Waals surface area contributed by atoms with E-state index in [-0.39, 0.29) is 6.61 Å². The number of hydrogen-bond acceptors (Lipinski definition) is 2. The number of aliphatic hydroxyl groups excluding tert-OH is 1. The van der Waals surface area contributed by atoms with Gasteiger partial charge >= 0.3 is 0 Å². The molecule has 0 bridgehead atoms. The summed E-state index contributed by atoms with van der Waals surface area (Å²) in [4.78, 5) is 0. The molecule has 0 spiro atoms. The van der Waals surface area contributed by atoms with E-state index in [0.717, 1.165) is 15.7 Å². The second-order valence-corrected chi connectivity index (χ2v) is 5.92. The van der Waals surface area contributed by atoms with Gasteiger partial charge in [0.25, 0.3) is 0 Å². The van der Waals surface area contributed by atoms with E-state index in [4.69, 9.17) is 11.6 Å². The van der Waals surface area contributed by atoms with Crippen molar-refractivity contribution in [3.63, 3.8) is 0 Å². The molecule has 2 aromatic carbocycles. The summed E-state index contributed by atoms with van der Waals surface area (Å²) in [5, 5.41) is 13.7. The van der Waals surface area contributed by atoms with Crippen LogP contribution in [0, 0.1) is 0 Å². The Hall–Kier alpha value is -1.03. The molecule has 1 atom stereocenters. The zero-order chi connectivity index (χ0) is 13.9. The highest BCUT2D eigenvalue weighted by molar-refractivity contribution is 9.10. The molecule has 0 aromatic heterocycles. The summed E-state index contributed by atoms with van der Waals surface area (Å²) in [6.07, 6.45) is 0. The van der Waals surface area contributed by atoms with Gasteiger partial charge in [0.1, 0.15) is 0 Å². The molecule has 4 heteroatoms. The lowest BCUT2D eigenvalue weighted by molar-refractivity contribution is 0.224. The van der Waals surface area contributed by atoms with Gasteiger partial charge in [0.05, 0.1) is 12.1 Å². The predicted molar refractivity (Wildman–Crippen MR) is 83.7 cm³/mol. The molecule has 0 fully saturated rings. The van der Waals surface area contributed by atoms with Crippen molar-refractivity contribution >= 4 is 33.2 Å². The lowest BCUT2D eigenvalue weighted by Crippen LogP contribution is -2.36. The van der Waals surface area contributed by atoms with Gasteiger partial charge in [0, 0.05) is 15.2 Å². The van der Waals surface area contributed by atoms with Crippen LogP contribution in [0.25, 0.3) is 0 Å². The van der Waals surface area contributed by atoms with Gasteiger partial charge in [0.2, 0.25) is 0 Å². The molecule has 0 saturated carbocycles. The fraction of sp³-hybridized carbons (Fsp3) is 0.200. The lowest BCUT2D eigenvalue weighted by atomic mass is 9.92. The molecule has 0 radical (unpaired) electrons. The second kappa shape index (κ2) is 5.95. The van der Waals surface area contributed by atoms with Crippen molar-refractivity contribution in [2.75, 3.05) is 11.9 Å². The molecular weight excluding hydrogens is 326 g/mol. The van der Waals surface area contributed by atoms with Crippen LogP contribution in [-0.2, 0) is 5.54 Å². The average molecular weight is 341 g/mol. The topological polar surface area (TPSA) is 32.3 Å². The summed E-state index contributed by atoms with van der Waals surface area (Å²) in [6.45, 7) is 1.88. The van der Waals surface area contributed by atoms with E-state index in [9.17, 15) is 5.11 Å². The van der Waals surface area contributed by atoms with E-state index < -0.39 is 5.54 Å². The van der Waals surface area contributed by atoms with E-state index in [0.29, 0.717) is 5.02 Å². The summed E-state index contributed by atoms with van der Waals surface area (Å²) >= 11 is 9.62. The molecule has 0 saturated heterocycles. The van der Waals surface area contributed by atoms with Gasteiger partial charge in [-0.1, -0.05) is 45.7 Å². The van der Waals surface area contributed by atoms with Crippen LogP contribution in [0.15, 0.2) is 53.0 Å². The SMILES string of the molecule is CC(CO)(Nc1ccc(Br)cc1)c1ccccc1Cl. The van der Waals surface area contributed by atoms with Crippen LogP contribution in [0.2, 0.25) is 5.02 Å². The summed E-state index contributed by atoms with van der Waals surface area (Å²) in [6, 6.07) is 15.4. The maximum absolute atomic E-state index is 9.75. The van der Waals surface area contributed by atoms with Crippen LogP contribution >= 0.6 is 27.5 Å². The van der Waals surface area contributed by atoms with Gasteiger partial charge < -0.3 is 10.4 Å². The van der Waals surface area contributed by atoms with E-state index in [1.165, 1.54) is 0 Å². The number of anilines is 1. The molecule has 2 N–H and O–H groups in total. The van der Waals surface area contributed by atoms with Gasteiger partial charge in [-0.25, -0.2) is 0 Å². The van der Waals surface area contributed by atoms with Crippen LogP contribution in [0.4, 0.5) is 5.69 Å². The summed E-state index contributed by atoms with van der Waals surface area (Å²) in [5.41, 5.74) is 1.19. The van der Waals surface area contributed by atoms with Gasteiger partial charge in [-0.3, -0.25) is 0 Å². The monoisotopic (exact) mass is 339 g/mol. The van der Waals surface area contributed by atoms with Gasteiger partial charge in [-0.2, -0.15) is 0 Å². The molecule has 0 heterocycles. The zero-order valence-electron chi connectivity index (χ0n) is 10.5. The quantitative estimate of drug-likeness (QED) is 0.863. The Bertz CT molecular complexity index is 558. The zero-order valence-corrected chi connectivity index (χ0v) is 12.9. The molecule has 2 nitrogen and oxygen atoms in total. The first-order valence-electron chi connectivity index (χ1n) is 5.95. The molecule has 0 amide bonds. The molecule has 0 aliphatic carbocycles. The van der Waals surface area contributed by atoms with Gasteiger partial charge in [-0.05, 0) is 42.8 Å².